The Balaban J connectivity index is 2.05. The molecule has 0 saturated heterocycles. The first-order valence-corrected chi connectivity index (χ1v) is 7.70. The number of nitrogens with one attached hydrogen (secondary N) is 1. The van der Waals surface area contributed by atoms with Crippen LogP contribution in [0.4, 0.5) is 0 Å². The van der Waals surface area contributed by atoms with E-state index < -0.39 is 6.04 Å². The highest BCUT2D eigenvalue weighted by Crippen LogP contribution is 2.21. The molecule has 0 bridgehead atoms. The highest BCUT2D eigenvalue weighted by Gasteiger charge is 2.19. The van der Waals surface area contributed by atoms with Crippen LogP contribution >= 0.6 is 0 Å². The molecule has 0 heterocycles. The maximum Gasteiger partial charge on any atom is 0.237 e. The molecule has 1 amide bonds. The van der Waals surface area contributed by atoms with Gasteiger partial charge < -0.3 is 11.1 Å². The molecule has 1 unspecified atom stereocenters. The van der Waals surface area contributed by atoms with Crippen LogP contribution in [0.25, 0.3) is 11.1 Å². The lowest BCUT2D eigenvalue weighted by Crippen LogP contribution is -2.44. The minimum Gasteiger partial charge on any atom is -0.348 e. The summed E-state index contributed by atoms with van der Waals surface area (Å²) in [7, 11) is 0. The van der Waals surface area contributed by atoms with E-state index in [1.165, 1.54) is 11.1 Å². The lowest BCUT2D eigenvalue weighted by atomic mass is 10.0. The molecule has 2 aromatic carbocycles. The van der Waals surface area contributed by atoms with Crippen molar-refractivity contribution in [1.29, 1.82) is 0 Å². The molecule has 0 aliphatic rings. The molecule has 2 atom stereocenters. The summed E-state index contributed by atoms with van der Waals surface area (Å²) in [6, 6.07) is 18.0. The molecular weight excluding hydrogens is 272 g/mol. The molecule has 0 saturated carbocycles. The van der Waals surface area contributed by atoms with Crippen molar-refractivity contribution in [1.82, 2.24) is 5.32 Å². The lowest BCUT2D eigenvalue weighted by Gasteiger charge is -2.20. The van der Waals surface area contributed by atoms with Crippen LogP contribution in [0.3, 0.4) is 0 Å². The molecule has 2 aromatic rings. The average Bonchev–Trinajstić information content (AvgIpc) is 2.54. The molecule has 0 aromatic heterocycles. The van der Waals surface area contributed by atoms with Crippen molar-refractivity contribution >= 4 is 5.91 Å². The Morgan fingerprint density at radius 3 is 2.00 bits per heavy atom. The maximum atomic E-state index is 12.0. The summed E-state index contributed by atoms with van der Waals surface area (Å²) in [5, 5.41) is 2.97. The first-order valence-electron chi connectivity index (χ1n) is 7.70. The zero-order valence-electron chi connectivity index (χ0n) is 13.4. The summed E-state index contributed by atoms with van der Waals surface area (Å²) in [5.74, 6) is 0.0299. The van der Waals surface area contributed by atoms with E-state index in [-0.39, 0.29) is 17.9 Å². The van der Waals surface area contributed by atoms with Crippen LogP contribution in [0.1, 0.15) is 32.4 Å². The van der Waals surface area contributed by atoms with E-state index in [0.717, 1.165) is 5.56 Å². The summed E-state index contributed by atoms with van der Waals surface area (Å²) in [4.78, 5) is 12.0. The van der Waals surface area contributed by atoms with E-state index >= 15 is 0 Å². The number of rotatable bonds is 5. The molecule has 22 heavy (non-hydrogen) atoms. The van der Waals surface area contributed by atoms with Crippen molar-refractivity contribution in [2.75, 3.05) is 0 Å². The first-order chi connectivity index (χ1) is 10.5. The maximum absolute atomic E-state index is 12.0. The third-order valence-corrected chi connectivity index (χ3v) is 3.90. The first kappa shape index (κ1) is 16.2. The molecule has 3 heteroatoms. The minimum atomic E-state index is -0.467. The number of hydrogen-bond acceptors (Lipinski definition) is 2. The zero-order valence-corrected chi connectivity index (χ0v) is 13.4. The van der Waals surface area contributed by atoms with Gasteiger partial charge in [-0.25, -0.2) is 0 Å². The Morgan fingerprint density at radius 2 is 1.45 bits per heavy atom. The van der Waals surface area contributed by atoms with Gasteiger partial charge in [0.1, 0.15) is 0 Å². The number of benzene rings is 2. The van der Waals surface area contributed by atoms with Crippen LogP contribution in [-0.4, -0.2) is 11.9 Å². The van der Waals surface area contributed by atoms with E-state index in [4.69, 9.17) is 5.73 Å². The van der Waals surface area contributed by atoms with Gasteiger partial charge in [-0.05, 0) is 29.5 Å². The van der Waals surface area contributed by atoms with Crippen LogP contribution < -0.4 is 11.1 Å². The lowest BCUT2D eigenvalue weighted by molar-refractivity contribution is -0.123. The second-order valence-electron chi connectivity index (χ2n) is 5.99. The third-order valence-electron chi connectivity index (χ3n) is 3.90. The summed E-state index contributed by atoms with van der Waals surface area (Å²) in [5.41, 5.74) is 9.30. The zero-order chi connectivity index (χ0) is 16.1. The van der Waals surface area contributed by atoms with Crippen LogP contribution in [0.5, 0.6) is 0 Å². The Kier molecular flexibility index (Phi) is 5.34. The van der Waals surface area contributed by atoms with Gasteiger partial charge in [-0.1, -0.05) is 68.4 Å². The number of carbonyl (C=O) groups is 1. The van der Waals surface area contributed by atoms with Gasteiger partial charge in [0.2, 0.25) is 5.91 Å². The van der Waals surface area contributed by atoms with Gasteiger partial charge in [0.05, 0.1) is 12.1 Å². The van der Waals surface area contributed by atoms with Gasteiger partial charge in [-0.15, -0.1) is 0 Å². The fourth-order valence-corrected chi connectivity index (χ4v) is 2.29. The van der Waals surface area contributed by atoms with Gasteiger partial charge in [0.15, 0.2) is 0 Å². The molecule has 0 aliphatic carbocycles. The summed E-state index contributed by atoms with van der Waals surface area (Å²) in [6.07, 6.45) is 0. The summed E-state index contributed by atoms with van der Waals surface area (Å²) in [6.45, 7) is 5.87. The predicted octanol–water partition coefficient (Wildman–Crippen LogP) is 3.51. The van der Waals surface area contributed by atoms with Crippen molar-refractivity contribution in [3.8, 4) is 11.1 Å². The number of nitrogens with two attached hydrogens (primary N) is 1. The number of carbonyl (C=O) groups excluding carboxylic acids is 1. The topological polar surface area (TPSA) is 55.1 Å². The Morgan fingerprint density at radius 1 is 0.909 bits per heavy atom. The normalized spacial score (nSPS) is 13.7. The van der Waals surface area contributed by atoms with E-state index in [0.29, 0.717) is 0 Å². The Labute approximate surface area is 132 Å². The Bertz CT molecular complexity index is 605. The van der Waals surface area contributed by atoms with E-state index in [1.807, 2.05) is 51.1 Å². The SMILES string of the molecule is CC(NC(=O)[C@@H](N)C(C)C)c1ccc(-c2ccccc2)cc1. The largest absolute Gasteiger partial charge is 0.348 e. The van der Waals surface area contributed by atoms with Crippen molar-refractivity contribution in [3.05, 3.63) is 60.2 Å². The number of amides is 1. The molecule has 0 spiro atoms. The quantitative estimate of drug-likeness (QED) is 0.887. The van der Waals surface area contributed by atoms with Gasteiger partial charge in [-0.3, -0.25) is 4.79 Å². The van der Waals surface area contributed by atoms with Gasteiger partial charge in [-0.2, -0.15) is 0 Å². The van der Waals surface area contributed by atoms with Crippen molar-refractivity contribution in [3.63, 3.8) is 0 Å². The van der Waals surface area contributed by atoms with Crippen molar-refractivity contribution in [2.45, 2.75) is 32.9 Å². The fourth-order valence-electron chi connectivity index (χ4n) is 2.29. The Hall–Kier alpha value is -2.13. The van der Waals surface area contributed by atoms with E-state index in [1.54, 1.807) is 0 Å². The summed E-state index contributed by atoms with van der Waals surface area (Å²) < 4.78 is 0. The molecule has 0 fully saturated rings. The third kappa shape index (κ3) is 3.95. The predicted molar refractivity (Wildman–Crippen MR) is 91.2 cm³/mol. The van der Waals surface area contributed by atoms with Crippen LogP contribution in [0.15, 0.2) is 54.6 Å². The number of hydrogen-bond donors (Lipinski definition) is 2. The molecule has 3 N–H and O–H groups in total. The van der Waals surface area contributed by atoms with Crippen molar-refractivity contribution < 1.29 is 4.79 Å². The monoisotopic (exact) mass is 296 g/mol. The highest BCUT2D eigenvalue weighted by atomic mass is 16.2. The average molecular weight is 296 g/mol. The molecule has 0 aliphatic heterocycles. The molecule has 3 nitrogen and oxygen atoms in total. The van der Waals surface area contributed by atoms with Crippen LogP contribution in [0, 0.1) is 5.92 Å². The van der Waals surface area contributed by atoms with Gasteiger partial charge >= 0.3 is 0 Å². The van der Waals surface area contributed by atoms with Gasteiger partial charge in [0.25, 0.3) is 0 Å². The van der Waals surface area contributed by atoms with Crippen LogP contribution in [-0.2, 0) is 4.79 Å². The van der Waals surface area contributed by atoms with E-state index in [2.05, 4.69) is 29.6 Å². The van der Waals surface area contributed by atoms with Gasteiger partial charge in [0, 0.05) is 0 Å². The fraction of sp³-hybridized carbons (Fsp3) is 0.316. The highest BCUT2D eigenvalue weighted by molar-refractivity contribution is 5.82. The minimum absolute atomic E-state index is 0.0536. The van der Waals surface area contributed by atoms with Crippen LogP contribution in [0.2, 0.25) is 0 Å². The standard InChI is InChI=1S/C19H24N2O/c1-13(2)18(20)19(22)21-14(3)15-9-11-17(12-10-15)16-7-5-4-6-8-16/h4-14,18H,20H2,1-3H3,(H,21,22)/t14?,18-/m0/s1. The summed E-state index contributed by atoms with van der Waals surface area (Å²) >= 11 is 0. The molecule has 2 rings (SSSR count). The second kappa shape index (κ2) is 7.23. The molecule has 0 radical (unpaired) electrons. The smallest absolute Gasteiger partial charge is 0.237 e. The van der Waals surface area contributed by atoms with E-state index in [9.17, 15) is 4.79 Å². The second-order valence-corrected chi connectivity index (χ2v) is 5.99. The van der Waals surface area contributed by atoms with Crippen molar-refractivity contribution in [2.24, 2.45) is 11.7 Å². The molecular formula is C19H24N2O. The molecule has 116 valence electrons.